The Morgan fingerprint density at radius 2 is 2.15 bits per heavy atom. The number of rotatable bonds is 0. The summed E-state index contributed by atoms with van der Waals surface area (Å²) >= 11 is 5.74. The zero-order chi connectivity index (χ0) is 9.59. The summed E-state index contributed by atoms with van der Waals surface area (Å²) in [5.74, 6) is -0.392. The van der Waals surface area contributed by atoms with E-state index in [2.05, 4.69) is 10.2 Å². The summed E-state index contributed by atoms with van der Waals surface area (Å²) in [5, 5.41) is 7.78. The largest absolute Gasteiger partial charge is 0.282 e. The second-order valence-electron chi connectivity index (χ2n) is 3.04. The number of fused-ring (bicyclic) bond motifs is 1. The molecule has 0 saturated heterocycles. The molecule has 0 fully saturated rings. The fourth-order valence-electron chi connectivity index (χ4n) is 1.37. The van der Waals surface area contributed by atoms with Crippen LogP contribution < -0.4 is 0 Å². The first-order chi connectivity index (χ1) is 6.11. The van der Waals surface area contributed by atoms with Gasteiger partial charge < -0.3 is 0 Å². The zero-order valence-electron chi connectivity index (χ0n) is 7.28. The molecule has 0 aliphatic carbocycles. The molecule has 1 N–H and O–H groups in total. The first-order valence-electron chi connectivity index (χ1n) is 3.90. The molecule has 2 rings (SSSR count). The number of aryl methyl sites for hydroxylation is 2. The van der Waals surface area contributed by atoms with Gasteiger partial charge in [0.15, 0.2) is 0 Å². The van der Waals surface area contributed by atoms with E-state index >= 15 is 0 Å². The Labute approximate surface area is 79.7 Å². The molecule has 0 spiro atoms. The molecule has 2 nitrogen and oxygen atoms in total. The van der Waals surface area contributed by atoms with Crippen LogP contribution in [0.5, 0.6) is 0 Å². The minimum Gasteiger partial charge on any atom is -0.282 e. The topological polar surface area (TPSA) is 28.7 Å². The van der Waals surface area contributed by atoms with Gasteiger partial charge in [0.2, 0.25) is 0 Å². The normalized spacial score (nSPS) is 11.1. The van der Waals surface area contributed by atoms with Gasteiger partial charge in [0.1, 0.15) is 5.82 Å². The van der Waals surface area contributed by atoms with Crippen LogP contribution in [0.3, 0.4) is 0 Å². The summed E-state index contributed by atoms with van der Waals surface area (Å²) in [5.41, 5.74) is 2.28. The third kappa shape index (κ3) is 1.11. The van der Waals surface area contributed by atoms with Gasteiger partial charge in [0.05, 0.1) is 10.5 Å². The lowest BCUT2D eigenvalue weighted by Gasteiger charge is -1.99. The van der Waals surface area contributed by atoms with Crippen LogP contribution in [0.15, 0.2) is 6.07 Å². The molecule has 0 unspecified atom stereocenters. The second kappa shape index (κ2) is 2.70. The molecule has 1 aromatic heterocycles. The molecule has 0 amide bonds. The number of H-pyrrole nitrogens is 1. The van der Waals surface area contributed by atoms with E-state index in [4.69, 9.17) is 11.6 Å². The van der Waals surface area contributed by atoms with Gasteiger partial charge in [-0.3, -0.25) is 5.10 Å². The Morgan fingerprint density at radius 3 is 2.85 bits per heavy atom. The highest BCUT2D eigenvalue weighted by atomic mass is 35.5. The summed E-state index contributed by atoms with van der Waals surface area (Å²) in [6.45, 7) is 3.61. The van der Waals surface area contributed by atoms with E-state index in [1.807, 2.05) is 6.92 Å². The minimum absolute atomic E-state index is 0.152. The molecule has 0 radical (unpaired) electrons. The van der Waals surface area contributed by atoms with Crippen LogP contribution in [-0.4, -0.2) is 10.2 Å². The summed E-state index contributed by atoms with van der Waals surface area (Å²) in [6, 6.07) is 1.41. The molecule has 0 aliphatic rings. The van der Waals surface area contributed by atoms with Crippen molar-refractivity contribution in [3.05, 3.63) is 28.2 Å². The van der Waals surface area contributed by atoms with E-state index in [0.717, 1.165) is 16.6 Å². The van der Waals surface area contributed by atoms with Gasteiger partial charge in [-0.2, -0.15) is 5.10 Å². The molecule has 0 atom stereocenters. The van der Waals surface area contributed by atoms with Gasteiger partial charge in [0.25, 0.3) is 0 Å². The van der Waals surface area contributed by atoms with Crippen LogP contribution in [0, 0.1) is 19.7 Å². The van der Waals surface area contributed by atoms with Gasteiger partial charge >= 0.3 is 0 Å². The van der Waals surface area contributed by atoms with E-state index in [-0.39, 0.29) is 5.02 Å². The van der Waals surface area contributed by atoms with E-state index < -0.39 is 5.82 Å². The van der Waals surface area contributed by atoms with Crippen molar-refractivity contribution >= 4 is 22.5 Å². The molecular weight excluding hydrogens is 191 g/mol. The van der Waals surface area contributed by atoms with Crippen molar-refractivity contribution < 1.29 is 4.39 Å². The van der Waals surface area contributed by atoms with Crippen LogP contribution in [0.4, 0.5) is 4.39 Å². The highest BCUT2D eigenvalue weighted by molar-refractivity contribution is 6.32. The maximum Gasteiger partial charge on any atom is 0.142 e. The van der Waals surface area contributed by atoms with Crippen LogP contribution in [0.25, 0.3) is 10.9 Å². The smallest absolute Gasteiger partial charge is 0.142 e. The molecule has 1 aromatic carbocycles. The van der Waals surface area contributed by atoms with E-state index in [0.29, 0.717) is 5.56 Å². The van der Waals surface area contributed by atoms with Gasteiger partial charge in [0, 0.05) is 11.1 Å². The van der Waals surface area contributed by atoms with E-state index in [1.54, 1.807) is 6.92 Å². The summed E-state index contributed by atoms with van der Waals surface area (Å²) < 4.78 is 13.2. The Kier molecular flexibility index (Phi) is 1.77. The molecule has 0 aliphatic heterocycles. The molecule has 4 heteroatoms. The van der Waals surface area contributed by atoms with Crippen LogP contribution in [0.2, 0.25) is 5.02 Å². The molecule has 2 aromatic rings. The number of halogens is 2. The van der Waals surface area contributed by atoms with E-state index in [9.17, 15) is 4.39 Å². The Morgan fingerprint density at radius 1 is 1.46 bits per heavy atom. The molecule has 0 saturated carbocycles. The predicted molar refractivity (Wildman–Crippen MR) is 50.5 cm³/mol. The molecule has 68 valence electrons. The van der Waals surface area contributed by atoms with Gasteiger partial charge in [-0.25, -0.2) is 4.39 Å². The second-order valence-corrected chi connectivity index (χ2v) is 3.42. The maximum atomic E-state index is 13.2. The number of aromatic nitrogens is 2. The van der Waals surface area contributed by atoms with Gasteiger partial charge in [-0.05, 0) is 25.5 Å². The van der Waals surface area contributed by atoms with Crippen molar-refractivity contribution in [2.24, 2.45) is 0 Å². The van der Waals surface area contributed by atoms with Crippen LogP contribution in [-0.2, 0) is 0 Å². The lowest BCUT2D eigenvalue weighted by atomic mass is 10.1. The number of nitrogens with one attached hydrogen (secondary N) is 1. The fraction of sp³-hybridized carbons (Fsp3) is 0.222. The van der Waals surface area contributed by atoms with Crippen LogP contribution in [0.1, 0.15) is 11.3 Å². The molecule has 0 bridgehead atoms. The lowest BCUT2D eigenvalue weighted by molar-refractivity contribution is 0.629. The Bertz CT molecular complexity index is 476. The minimum atomic E-state index is -0.392. The molecule has 13 heavy (non-hydrogen) atoms. The van der Waals surface area contributed by atoms with Gasteiger partial charge in [-0.1, -0.05) is 11.6 Å². The van der Waals surface area contributed by atoms with E-state index in [1.165, 1.54) is 6.07 Å². The van der Waals surface area contributed by atoms with Crippen molar-refractivity contribution in [1.82, 2.24) is 10.2 Å². The third-order valence-electron chi connectivity index (χ3n) is 2.16. The fourth-order valence-corrected chi connectivity index (χ4v) is 1.52. The van der Waals surface area contributed by atoms with Crippen molar-refractivity contribution in [2.75, 3.05) is 0 Å². The summed E-state index contributed by atoms with van der Waals surface area (Å²) in [4.78, 5) is 0. The number of hydrogen-bond acceptors (Lipinski definition) is 1. The average molecular weight is 199 g/mol. The van der Waals surface area contributed by atoms with Crippen molar-refractivity contribution in [2.45, 2.75) is 13.8 Å². The highest BCUT2D eigenvalue weighted by Gasteiger charge is 2.11. The van der Waals surface area contributed by atoms with Crippen molar-refractivity contribution in [3.8, 4) is 0 Å². The maximum absolute atomic E-state index is 13.2. The average Bonchev–Trinajstić information content (AvgIpc) is 2.45. The highest BCUT2D eigenvalue weighted by Crippen LogP contribution is 2.28. The first-order valence-corrected chi connectivity index (χ1v) is 4.28. The molecule has 1 heterocycles. The monoisotopic (exact) mass is 198 g/mol. The number of nitrogens with zero attached hydrogens (tertiary/aromatic N) is 1. The third-order valence-corrected chi connectivity index (χ3v) is 2.62. The first kappa shape index (κ1) is 8.51. The zero-order valence-corrected chi connectivity index (χ0v) is 8.04. The summed E-state index contributed by atoms with van der Waals surface area (Å²) in [7, 11) is 0. The standard InChI is InChI=1S/C9H8ClFN2/c1-4-8(10)7(11)3-6-5(2)12-13-9(4)6/h3H,1-2H3,(H,12,13). The number of benzene rings is 1. The summed E-state index contributed by atoms with van der Waals surface area (Å²) in [6.07, 6.45) is 0. The number of aromatic amines is 1. The number of hydrogen-bond donors (Lipinski definition) is 1. The lowest BCUT2D eigenvalue weighted by Crippen LogP contribution is -1.84. The van der Waals surface area contributed by atoms with Crippen molar-refractivity contribution in [1.29, 1.82) is 0 Å². The van der Waals surface area contributed by atoms with Crippen LogP contribution >= 0.6 is 11.6 Å². The SMILES string of the molecule is Cc1[nH]nc2c(C)c(Cl)c(F)cc12. The predicted octanol–water partition coefficient (Wildman–Crippen LogP) is 2.97. The molecular formula is C9H8ClFN2. The quantitative estimate of drug-likeness (QED) is 0.693. The van der Waals surface area contributed by atoms with Gasteiger partial charge in [-0.15, -0.1) is 0 Å². The van der Waals surface area contributed by atoms with Crippen molar-refractivity contribution in [3.63, 3.8) is 0 Å². The Balaban J connectivity index is 2.96. The Hall–Kier alpha value is -1.09.